The zero-order chi connectivity index (χ0) is 60.5. The smallest absolute Gasteiger partial charge is 0.306 e. The van der Waals surface area contributed by atoms with Crippen LogP contribution in [0.1, 0.15) is 271 Å². The van der Waals surface area contributed by atoms with Gasteiger partial charge in [0.25, 0.3) is 0 Å². The van der Waals surface area contributed by atoms with Crippen molar-refractivity contribution < 1.29 is 42.9 Å². The Morgan fingerprint density at radius 3 is 1.02 bits per heavy atom. The van der Waals surface area contributed by atoms with Crippen molar-refractivity contribution in [1.82, 2.24) is 0 Å². The number of esters is 2. The number of nitrogens with zero attached hydrogens (tertiary/aromatic N) is 1. The number of unbranched alkanes of at least 4 members (excludes halogenated alkanes) is 26. The Labute approximate surface area is 510 Å². The van der Waals surface area contributed by atoms with Crippen LogP contribution < -0.4 is 5.11 Å². The van der Waals surface area contributed by atoms with Crippen molar-refractivity contribution in [2.75, 3.05) is 47.5 Å². The van der Waals surface area contributed by atoms with Crippen LogP contribution in [0.15, 0.2) is 122 Å². The van der Waals surface area contributed by atoms with E-state index in [4.69, 9.17) is 18.9 Å². The summed E-state index contributed by atoms with van der Waals surface area (Å²) in [5.41, 5.74) is 0. The first-order valence-corrected chi connectivity index (χ1v) is 33.7. The summed E-state index contributed by atoms with van der Waals surface area (Å²) in [5.74, 6) is -2.30. The van der Waals surface area contributed by atoms with Crippen LogP contribution in [0.25, 0.3) is 0 Å². The second kappa shape index (κ2) is 63.7. The molecule has 0 N–H and O–H groups in total. The van der Waals surface area contributed by atoms with E-state index < -0.39 is 24.3 Å². The van der Waals surface area contributed by atoms with Crippen LogP contribution in [0.4, 0.5) is 0 Å². The molecular formula is C74H125NO8. The predicted molar refractivity (Wildman–Crippen MR) is 352 cm³/mol. The lowest BCUT2D eigenvalue weighted by atomic mass is 10.0. The van der Waals surface area contributed by atoms with Gasteiger partial charge in [-0.1, -0.05) is 270 Å². The topological polar surface area (TPSA) is 111 Å². The largest absolute Gasteiger partial charge is 0.545 e. The van der Waals surface area contributed by atoms with Gasteiger partial charge in [0.15, 0.2) is 12.4 Å². The highest BCUT2D eigenvalue weighted by molar-refractivity contribution is 5.70. The Morgan fingerprint density at radius 2 is 0.687 bits per heavy atom. The summed E-state index contributed by atoms with van der Waals surface area (Å²) in [6.07, 6.45) is 86.9. The molecule has 0 radical (unpaired) electrons. The summed E-state index contributed by atoms with van der Waals surface area (Å²) in [4.78, 5) is 37.4. The van der Waals surface area contributed by atoms with Crippen molar-refractivity contribution in [1.29, 1.82) is 0 Å². The van der Waals surface area contributed by atoms with Gasteiger partial charge in [-0.2, -0.15) is 0 Å². The highest BCUT2D eigenvalue weighted by Crippen LogP contribution is 2.16. The Morgan fingerprint density at radius 1 is 0.373 bits per heavy atom. The van der Waals surface area contributed by atoms with Gasteiger partial charge in [-0.15, -0.1) is 0 Å². The number of carboxylic acids is 1. The minimum absolute atomic E-state index is 0.141. The summed E-state index contributed by atoms with van der Waals surface area (Å²) in [6.45, 7) is 4.61. The number of ether oxygens (including phenoxy) is 4. The van der Waals surface area contributed by atoms with Crippen molar-refractivity contribution in [3.63, 3.8) is 0 Å². The maximum atomic E-state index is 12.9. The van der Waals surface area contributed by atoms with E-state index in [2.05, 4.69) is 135 Å². The molecule has 0 aromatic carbocycles. The third-order valence-electron chi connectivity index (χ3n) is 14.2. The van der Waals surface area contributed by atoms with Gasteiger partial charge in [0.05, 0.1) is 40.3 Å². The number of carbonyl (C=O) groups is 3. The van der Waals surface area contributed by atoms with Crippen LogP contribution in [0.5, 0.6) is 0 Å². The second-order valence-corrected chi connectivity index (χ2v) is 23.4. The number of hydrogen-bond donors (Lipinski definition) is 0. The van der Waals surface area contributed by atoms with Gasteiger partial charge < -0.3 is 33.3 Å². The fourth-order valence-electron chi connectivity index (χ4n) is 9.05. The van der Waals surface area contributed by atoms with Gasteiger partial charge in [-0.05, 0) is 109 Å². The third kappa shape index (κ3) is 65.1. The molecule has 2 atom stereocenters. The molecule has 0 rings (SSSR count). The zero-order valence-electron chi connectivity index (χ0n) is 54.0. The second-order valence-electron chi connectivity index (χ2n) is 23.4. The number of aliphatic carboxylic acids is 1. The minimum Gasteiger partial charge on any atom is -0.545 e. The van der Waals surface area contributed by atoms with E-state index in [1.807, 2.05) is 21.1 Å². The van der Waals surface area contributed by atoms with Crippen LogP contribution in [-0.4, -0.2) is 82.3 Å². The zero-order valence-corrected chi connectivity index (χ0v) is 54.0. The normalized spacial score (nSPS) is 13.5. The average Bonchev–Trinajstić information content (AvgIpc) is 3.46. The van der Waals surface area contributed by atoms with E-state index in [1.165, 1.54) is 128 Å². The molecule has 2 unspecified atom stereocenters. The van der Waals surface area contributed by atoms with Crippen molar-refractivity contribution >= 4 is 17.9 Å². The molecule has 0 aromatic heterocycles. The quantitative estimate of drug-likeness (QED) is 0.0195. The van der Waals surface area contributed by atoms with Gasteiger partial charge in [-0.25, -0.2) is 0 Å². The molecule has 9 heteroatoms. The number of allylic oxidation sites excluding steroid dienone is 20. The number of rotatable bonds is 61. The molecule has 0 aliphatic rings. The highest BCUT2D eigenvalue weighted by Gasteiger charge is 2.22. The highest BCUT2D eigenvalue weighted by atomic mass is 16.7. The molecule has 0 bridgehead atoms. The molecule has 0 saturated carbocycles. The average molecular weight is 1160 g/mol. The van der Waals surface area contributed by atoms with E-state index in [0.717, 1.165) is 109 Å². The maximum absolute atomic E-state index is 12.9. The van der Waals surface area contributed by atoms with Crippen LogP contribution in [-0.2, 0) is 33.3 Å². The monoisotopic (exact) mass is 1160 g/mol. The number of quaternary nitrogens is 1. The molecule has 83 heavy (non-hydrogen) atoms. The first kappa shape index (κ1) is 78.7. The van der Waals surface area contributed by atoms with Crippen molar-refractivity contribution in [3.8, 4) is 0 Å². The van der Waals surface area contributed by atoms with E-state index in [1.54, 1.807) is 0 Å². The fourth-order valence-corrected chi connectivity index (χ4v) is 9.05. The maximum Gasteiger partial charge on any atom is 0.306 e. The van der Waals surface area contributed by atoms with Gasteiger partial charge in [0.2, 0.25) is 0 Å². The lowest BCUT2D eigenvalue weighted by molar-refractivity contribution is -0.870. The molecule has 9 nitrogen and oxygen atoms in total. The van der Waals surface area contributed by atoms with Gasteiger partial charge in [-0.3, -0.25) is 9.59 Å². The molecular weight excluding hydrogens is 1030 g/mol. The minimum atomic E-state index is -1.63. The van der Waals surface area contributed by atoms with Crippen molar-refractivity contribution in [2.45, 2.75) is 283 Å². The number of likely N-dealkylation sites (N-methyl/N-ethyl adjacent to an activating group) is 1. The van der Waals surface area contributed by atoms with E-state index in [9.17, 15) is 19.5 Å². The summed E-state index contributed by atoms with van der Waals surface area (Å²) < 4.78 is 22.8. The van der Waals surface area contributed by atoms with Crippen LogP contribution >= 0.6 is 0 Å². The Balaban J connectivity index is 4.14. The lowest BCUT2D eigenvalue weighted by Crippen LogP contribution is -2.44. The third-order valence-corrected chi connectivity index (χ3v) is 14.2. The molecule has 0 aromatic rings. The van der Waals surface area contributed by atoms with E-state index >= 15 is 0 Å². The van der Waals surface area contributed by atoms with Gasteiger partial charge >= 0.3 is 11.9 Å². The van der Waals surface area contributed by atoms with Gasteiger partial charge in [0.1, 0.15) is 13.2 Å². The first-order valence-electron chi connectivity index (χ1n) is 33.7. The summed E-state index contributed by atoms with van der Waals surface area (Å²) in [6, 6.07) is 0. The summed E-state index contributed by atoms with van der Waals surface area (Å²) >= 11 is 0. The summed E-state index contributed by atoms with van der Waals surface area (Å²) in [7, 11) is 5.92. The lowest BCUT2D eigenvalue weighted by Gasteiger charge is -2.26. The number of carbonyl (C=O) groups excluding carboxylic acids is 3. The molecule has 0 heterocycles. The molecule has 0 aliphatic heterocycles. The molecule has 0 spiro atoms. The predicted octanol–water partition coefficient (Wildman–Crippen LogP) is 19.5. The van der Waals surface area contributed by atoms with Gasteiger partial charge in [0, 0.05) is 12.8 Å². The standard InChI is InChI=1S/C74H125NO8/c1-6-8-10-12-14-16-18-20-22-24-26-28-29-30-31-32-33-34-35-36-37-38-39-40-41-42-43-45-47-49-51-53-55-57-59-61-63-65-72(77)83-70(69-82-74(73(78)79)80-67-66-75(3,4)5)68-81-71(76)64-62-60-58-56-54-52-50-48-46-44-27-25-23-21-19-17-15-13-11-9-7-2/h8,10,14,16,19-22,25-28,30-31,33-34,36-37,46,48,70,74H,6-7,9,11-13,15,17-18,23-24,29,32,35,38-45,47,49-69H2,1-5H3/b10-8-,16-14-,21-19-,22-20-,27-25-,28-26-,31-30-,34-33-,37-36-,48-46-. The molecule has 0 fully saturated rings. The molecule has 0 aliphatic carbocycles. The first-order chi connectivity index (χ1) is 40.6. The Bertz CT molecular complexity index is 1780. The Kier molecular flexibility index (Phi) is 60.4. The fraction of sp³-hybridized carbons (Fsp3) is 0.689. The number of carboxylic acid groups (broad SMARTS) is 1. The van der Waals surface area contributed by atoms with Crippen LogP contribution in [0.3, 0.4) is 0 Å². The molecule has 0 amide bonds. The Hall–Kier alpha value is -4.31. The summed E-state index contributed by atoms with van der Waals surface area (Å²) in [5, 5.41) is 11.8. The van der Waals surface area contributed by atoms with E-state index in [-0.39, 0.29) is 38.6 Å². The van der Waals surface area contributed by atoms with Crippen molar-refractivity contribution in [3.05, 3.63) is 122 Å². The number of hydrogen-bond acceptors (Lipinski definition) is 8. The van der Waals surface area contributed by atoms with Crippen LogP contribution in [0, 0.1) is 0 Å². The van der Waals surface area contributed by atoms with Crippen LogP contribution in [0.2, 0.25) is 0 Å². The van der Waals surface area contributed by atoms with E-state index in [0.29, 0.717) is 17.4 Å². The molecule has 474 valence electrons. The van der Waals surface area contributed by atoms with Crippen molar-refractivity contribution in [2.24, 2.45) is 0 Å². The molecule has 0 saturated heterocycles. The SMILES string of the molecule is CC/C=C\C/C=C\C/C=C\C/C=C\C/C=C\C/C=C\C/C=C\CCCCCCCCCCCCCCCCCC(=O)OC(COC(=O)CCCCCCCC/C=C\C/C=C\C/C=C\CCCCCCC)COC(OCC[N+](C)(C)C)C(=O)[O-].